The monoisotopic (exact) mass is 254 g/mol. The molecular formula is C14H26N2O2. The molecule has 3 N–H and O–H groups in total. The molecule has 2 aliphatic rings. The average molecular weight is 254 g/mol. The van der Waals surface area contributed by atoms with E-state index < -0.39 is 0 Å². The maximum atomic E-state index is 12.2. The first kappa shape index (κ1) is 13.8. The van der Waals surface area contributed by atoms with Crippen LogP contribution in [0.4, 0.5) is 0 Å². The predicted octanol–water partition coefficient (Wildman–Crippen LogP) is 1.44. The number of amides is 1. The maximum absolute atomic E-state index is 12.2. The Morgan fingerprint density at radius 2 is 2.17 bits per heavy atom. The third-order valence-corrected chi connectivity index (χ3v) is 4.32. The Balaban J connectivity index is 1.79. The number of rotatable bonds is 3. The number of hydrogen-bond donors (Lipinski definition) is 2. The molecule has 0 bridgehead atoms. The van der Waals surface area contributed by atoms with Crippen molar-refractivity contribution in [2.45, 2.75) is 57.6 Å². The standard InChI is InChI=1S/C14H26N2O2/c1-10-7-13(5-6-18-10)16-14(17)12-4-2-3-11(8-12)9-15/h10-13H,2-9,15H2,1H3,(H,16,17). The van der Waals surface area contributed by atoms with E-state index >= 15 is 0 Å². The Hall–Kier alpha value is -0.610. The number of ether oxygens (including phenoxy) is 1. The summed E-state index contributed by atoms with van der Waals surface area (Å²) in [4.78, 5) is 12.2. The Kier molecular flexibility index (Phi) is 5.01. The molecule has 104 valence electrons. The summed E-state index contributed by atoms with van der Waals surface area (Å²) in [5, 5.41) is 3.20. The molecule has 4 heteroatoms. The minimum absolute atomic E-state index is 0.186. The molecule has 1 aliphatic carbocycles. The molecule has 0 aromatic rings. The summed E-state index contributed by atoms with van der Waals surface area (Å²) in [5.41, 5.74) is 5.72. The molecule has 1 aliphatic heterocycles. The van der Waals surface area contributed by atoms with Crippen molar-refractivity contribution >= 4 is 5.91 Å². The van der Waals surface area contributed by atoms with Gasteiger partial charge in [-0.3, -0.25) is 4.79 Å². The molecule has 4 atom stereocenters. The first-order chi connectivity index (χ1) is 8.69. The summed E-state index contributed by atoms with van der Waals surface area (Å²) < 4.78 is 5.50. The van der Waals surface area contributed by atoms with Gasteiger partial charge in [-0.05, 0) is 51.5 Å². The summed E-state index contributed by atoms with van der Waals surface area (Å²) in [5.74, 6) is 0.973. The summed E-state index contributed by atoms with van der Waals surface area (Å²) >= 11 is 0. The van der Waals surface area contributed by atoms with Crippen molar-refractivity contribution in [3.05, 3.63) is 0 Å². The molecule has 1 amide bonds. The second-order valence-corrected chi connectivity index (χ2v) is 5.88. The minimum atomic E-state index is 0.186. The summed E-state index contributed by atoms with van der Waals surface area (Å²) in [7, 11) is 0. The van der Waals surface area contributed by atoms with Crippen LogP contribution in [0.15, 0.2) is 0 Å². The lowest BCUT2D eigenvalue weighted by Gasteiger charge is -2.32. The first-order valence-corrected chi connectivity index (χ1v) is 7.31. The molecule has 1 saturated heterocycles. The fourth-order valence-electron chi connectivity index (χ4n) is 3.19. The highest BCUT2D eigenvalue weighted by Crippen LogP contribution is 2.28. The van der Waals surface area contributed by atoms with Gasteiger partial charge in [-0.15, -0.1) is 0 Å². The first-order valence-electron chi connectivity index (χ1n) is 7.31. The molecular weight excluding hydrogens is 228 g/mol. The largest absolute Gasteiger partial charge is 0.378 e. The van der Waals surface area contributed by atoms with Crippen LogP contribution in [0, 0.1) is 11.8 Å². The van der Waals surface area contributed by atoms with E-state index in [-0.39, 0.29) is 17.9 Å². The van der Waals surface area contributed by atoms with Crippen molar-refractivity contribution < 1.29 is 9.53 Å². The van der Waals surface area contributed by atoms with Gasteiger partial charge in [0.2, 0.25) is 5.91 Å². The molecule has 0 aromatic heterocycles. The van der Waals surface area contributed by atoms with Crippen molar-refractivity contribution in [1.29, 1.82) is 0 Å². The van der Waals surface area contributed by atoms with E-state index in [9.17, 15) is 4.79 Å². The number of nitrogens with two attached hydrogens (primary N) is 1. The van der Waals surface area contributed by atoms with Crippen LogP contribution in [0.5, 0.6) is 0 Å². The Bertz CT molecular complexity index is 283. The van der Waals surface area contributed by atoms with Gasteiger partial charge in [0.05, 0.1) is 6.10 Å². The molecule has 0 aromatic carbocycles. The molecule has 1 saturated carbocycles. The molecule has 0 radical (unpaired) electrons. The van der Waals surface area contributed by atoms with Gasteiger partial charge in [0.25, 0.3) is 0 Å². The van der Waals surface area contributed by atoms with Crippen molar-refractivity contribution in [2.75, 3.05) is 13.2 Å². The number of carbonyl (C=O) groups is 1. The average Bonchev–Trinajstić information content (AvgIpc) is 2.39. The van der Waals surface area contributed by atoms with E-state index in [0.29, 0.717) is 12.0 Å². The second-order valence-electron chi connectivity index (χ2n) is 5.88. The van der Waals surface area contributed by atoms with Crippen LogP contribution in [0.25, 0.3) is 0 Å². The van der Waals surface area contributed by atoms with E-state index in [1.54, 1.807) is 0 Å². The maximum Gasteiger partial charge on any atom is 0.223 e. The van der Waals surface area contributed by atoms with Crippen molar-refractivity contribution in [3.63, 3.8) is 0 Å². The van der Waals surface area contributed by atoms with E-state index in [2.05, 4.69) is 12.2 Å². The van der Waals surface area contributed by atoms with E-state index in [4.69, 9.17) is 10.5 Å². The van der Waals surface area contributed by atoms with E-state index in [1.807, 2.05) is 0 Å². The minimum Gasteiger partial charge on any atom is -0.378 e. The fourth-order valence-corrected chi connectivity index (χ4v) is 3.19. The Morgan fingerprint density at radius 1 is 1.33 bits per heavy atom. The van der Waals surface area contributed by atoms with Crippen molar-refractivity contribution in [1.82, 2.24) is 5.32 Å². The Labute approximate surface area is 110 Å². The van der Waals surface area contributed by atoms with E-state index in [1.165, 1.54) is 6.42 Å². The fraction of sp³-hybridized carbons (Fsp3) is 0.929. The predicted molar refractivity (Wildman–Crippen MR) is 71.1 cm³/mol. The quantitative estimate of drug-likeness (QED) is 0.801. The topological polar surface area (TPSA) is 64.4 Å². The van der Waals surface area contributed by atoms with Crippen LogP contribution < -0.4 is 11.1 Å². The molecule has 4 unspecified atom stereocenters. The van der Waals surface area contributed by atoms with Crippen molar-refractivity contribution in [2.24, 2.45) is 17.6 Å². The highest BCUT2D eigenvalue weighted by Gasteiger charge is 2.29. The summed E-state index contributed by atoms with van der Waals surface area (Å²) in [6.45, 7) is 3.56. The zero-order chi connectivity index (χ0) is 13.0. The smallest absolute Gasteiger partial charge is 0.223 e. The second kappa shape index (κ2) is 6.53. The van der Waals surface area contributed by atoms with Crippen LogP contribution in [-0.4, -0.2) is 31.2 Å². The van der Waals surface area contributed by atoms with Gasteiger partial charge in [-0.2, -0.15) is 0 Å². The van der Waals surface area contributed by atoms with Crippen molar-refractivity contribution in [3.8, 4) is 0 Å². The number of carbonyl (C=O) groups excluding carboxylic acids is 1. The lowest BCUT2D eigenvalue weighted by Crippen LogP contribution is -2.44. The zero-order valence-electron chi connectivity index (χ0n) is 11.4. The normalized spacial score (nSPS) is 37.2. The van der Waals surface area contributed by atoms with Gasteiger partial charge < -0.3 is 15.8 Å². The van der Waals surface area contributed by atoms with Crippen LogP contribution in [0.2, 0.25) is 0 Å². The van der Waals surface area contributed by atoms with Gasteiger partial charge in [-0.1, -0.05) is 6.42 Å². The SMILES string of the molecule is CC1CC(NC(=O)C2CCCC(CN)C2)CCO1. The third kappa shape index (κ3) is 3.69. The molecule has 0 spiro atoms. The number of hydrogen-bond acceptors (Lipinski definition) is 3. The van der Waals surface area contributed by atoms with Crippen LogP contribution in [0.3, 0.4) is 0 Å². The van der Waals surface area contributed by atoms with Gasteiger partial charge in [0, 0.05) is 18.6 Å². The molecule has 18 heavy (non-hydrogen) atoms. The summed E-state index contributed by atoms with van der Waals surface area (Å²) in [6.07, 6.45) is 6.50. The molecule has 2 rings (SSSR count). The van der Waals surface area contributed by atoms with Crippen LogP contribution >= 0.6 is 0 Å². The third-order valence-electron chi connectivity index (χ3n) is 4.32. The highest BCUT2D eigenvalue weighted by atomic mass is 16.5. The lowest BCUT2D eigenvalue weighted by atomic mass is 9.81. The zero-order valence-corrected chi connectivity index (χ0v) is 11.4. The molecule has 2 fully saturated rings. The van der Waals surface area contributed by atoms with Gasteiger partial charge in [0.15, 0.2) is 0 Å². The van der Waals surface area contributed by atoms with Crippen LogP contribution in [0.1, 0.15) is 45.4 Å². The highest BCUT2D eigenvalue weighted by molar-refractivity contribution is 5.79. The molecule has 1 heterocycles. The van der Waals surface area contributed by atoms with Gasteiger partial charge in [0.1, 0.15) is 0 Å². The van der Waals surface area contributed by atoms with Gasteiger partial charge >= 0.3 is 0 Å². The summed E-state index contributed by atoms with van der Waals surface area (Å²) in [6, 6.07) is 0.305. The Morgan fingerprint density at radius 3 is 2.89 bits per heavy atom. The molecule has 4 nitrogen and oxygen atoms in total. The van der Waals surface area contributed by atoms with E-state index in [0.717, 1.165) is 45.3 Å². The number of nitrogens with one attached hydrogen (secondary N) is 1. The van der Waals surface area contributed by atoms with Gasteiger partial charge in [-0.25, -0.2) is 0 Å². The lowest BCUT2D eigenvalue weighted by molar-refractivity contribution is -0.128. The van der Waals surface area contributed by atoms with Crippen LogP contribution in [-0.2, 0) is 9.53 Å².